The monoisotopic (exact) mass is 155 g/mol. The van der Waals surface area contributed by atoms with Crippen molar-refractivity contribution >= 4 is 6.09 Å². The van der Waals surface area contributed by atoms with E-state index in [1.807, 2.05) is 0 Å². The molecule has 5 heteroatoms. The third-order valence-electron chi connectivity index (χ3n) is 1.02. The van der Waals surface area contributed by atoms with Gasteiger partial charge in [0, 0.05) is 12.3 Å². The van der Waals surface area contributed by atoms with Crippen LogP contribution in [0.25, 0.3) is 0 Å². The molecular formula is C6H7N2O3. The van der Waals surface area contributed by atoms with Crippen LogP contribution in [-0.4, -0.2) is 22.5 Å². The van der Waals surface area contributed by atoms with Crippen molar-refractivity contribution in [2.24, 2.45) is 0 Å². The van der Waals surface area contributed by atoms with Gasteiger partial charge in [-0.25, -0.2) is 4.79 Å². The van der Waals surface area contributed by atoms with Crippen LogP contribution in [0, 0.1) is 0 Å². The highest BCUT2D eigenvalue weighted by Gasteiger charge is 2.06. The lowest BCUT2D eigenvalue weighted by Crippen LogP contribution is -2.13. The smallest absolute Gasteiger partial charge is 0.434 e. The van der Waals surface area contributed by atoms with E-state index in [0.29, 0.717) is 0 Å². The highest BCUT2D eigenvalue weighted by molar-refractivity contribution is 5.69. The van der Waals surface area contributed by atoms with Crippen molar-refractivity contribution in [3.05, 3.63) is 12.3 Å². The van der Waals surface area contributed by atoms with Crippen LogP contribution < -0.4 is 0 Å². The van der Waals surface area contributed by atoms with E-state index in [1.54, 1.807) is 6.92 Å². The Kier molecular flexibility index (Phi) is 2.10. The van der Waals surface area contributed by atoms with Gasteiger partial charge in [0.2, 0.25) is 0 Å². The summed E-state index contributed by atoms with van der Waals surface area (Å²) in [6.07, 6.45) is 0.634. The maximum absolute atomic E-state index is 10.8. The van der Waals surface area contributed by atoms with Crippen molar-refractivity contribution in [1.29, 1.82) is 0 Å². The number of carbonyl (C=O) groups is 1. The van der Waals surface area contributed by atoms with Crippen molar-refractivity contribution < 1.29 is 14.6 Å². The topological polar surface area (TPSA) is 64.0 Å². The lowest BCUT2D eigenvalue weighted by atomic mass is 10.7. The Hall–Kier alpha value is -1.52. The number of carbonyl (C=O) groups excluding carboxylic acids is 1. The molecule has 1 heterocycles. The fourth-order valence-corrected chi connectivity index (χ4v) is 0.599. The Morgan fingerprint density at radius 2 is 2.55 bits per heavy atom. The third kappa shape index (κ3) is 1.70. The first-order valence-electron chi connectivity index (χ1n) is 3.14. The van der Waals surface area contributed by atoms with Gasteiger partial charge in [0.05, 0.1) is 6.61 Å². The molecule has 5 nitrogen and oxygen atoms in total. The van der Waals surface area contributed by atoms with Gasteiger partial charge in [0.15, 0.2) is 0 Å². The predicted octanol–water partition coefficient (Wildman–Crippen LogP) is 1.03. The molecule has 0 atom stereocenters. The van der Waals surface area contributed by atoms with Crippen molar-refractivity contribution in [3.63, 3.8) is 0 Å². The fraction of sp³-hybridized carbons (Fsp3) is 0.333. The summed E-state index contributed by atoms with van der Waals surface area (Å²) in [6.45, 7) is 1.95. The molecule has 0 amide bonds. The van der Waals surface area contributed by atoms with Crippen molar-refractivity contribution in [1.82, 2.24) is 9.78 Å². The van der Waals surface area contributed by atoms with Gasteiger partial charge >= 0.3 is 6.09 Å². The summed E-state index contributed by atoms with van der Waals surface area (Å²) < 4.78 is 5.43. The third-order valence-corrected chi connectivity index (χ3v) is 1.02. The molecule has 0 saturated carbocycles. The number of hydrogen-bond acceptors (Lipinski definition) is 3. The summed E-state index contributed by atoms with van der Waals surface area (Å²) in [5.41, 5.74) is 0. The first-order chi connectivity index (χ1) is 5.24. The normalized spacial score (nSPS) is 9.55. The van der Waals surface area contributed by atoms with Gasteiger partial charge in [0.1, 0.15) is 0 Å². The van der Waals surface area contributed by atoms with Crippen LogP contribution in [0.4, 0.5) is 4.79 Å². The van der Waals surface area contributed by atoms with E-state index >= 15 is 0 Å². The minimum atomic E-state index is -0.630. The summed E-state index contributed by atoms with van der Waals surface area (Å²) in [6, 6.07) is 1.19. The Morgan fingerprint density at radius 1 is 1.82 bits per heavy atom. The maximum Gasteiger partial charge on any atom is 0.434 e. The highest BCUT2D eigenvalue weighted by atomic mass is 16.6. The van der Waals surface area contributed by atoms with E-state index in [1.165, 1.54) is 12.3 Å². The van der Waals surface area contributed by atoms with E-state index in [2.05, 4.69) is 9.84 Å². The van der Waals surface area contributed by atoms with Crippen LogP contribution in [0.3, 0.4) is 0 Å². The minimum Gasteiger partial charge on any atom is -0.448 e. The molecule has 0 aliphatic carbocycles. The molecule has 0 aromatic carbocycles. The van der Waals surface area contributed by atoms with E-state index in [-0.39, 0.29) is 6.61 Å². The second-order valence-corrected chi connectivity index (χ2v) is 1.80. The molecule has 0 spiro atoms. The molecule has 0 N–H and O–H groups in total. The molecule has 59 valence electrons. The fourth-order valence-electron chi connectivity index (χ4n) is 0.599. The standard InChI is InChI=1S/C6H7N2O3/c1-2-11-6(10)8-4-3-5(9)7-8/h3-4H,2H2,1H3. The highest BCUT2D eigenvalue weighted by Crippen LogP contribution is 2.02. The molecule has 1 rings (SSSR count). The van der Waals surface area contributed by atoms with Gasteiger partial charge in [0.25, 0.3) is 5.88 Å². The minimum absolute atomic E-state index is 0.271. The Balaban J connectivity index is 2.69. The Bertz CT molecular complexity index is 256. The largest absolute Gasteiger partial charge is 0.448 e. The molecule has 0 saturated heterocycles. The van der Waals surface area contributed by atoms with Gasteiger partial charge in [-0.05, 0) is 6.92 Å². The van der Waals surface area contributed by atoms with Crippen molar-refractivity contribution in [2.75, 3.05) is 6.61 Å². The molecule has 0 aliphatic heterocycles. The van der Waals surface area contributed by atoms with Crippen LogP contribution in [0.15, 0.2) is 12.3 Å². The van der Waals surface area contributed by atoms with E-state index < -0.39 is 12.0 Å². The van der Waals surface area contributed by atoms with Gasteiger partial charge in [-0.15, -0.1) is 5.10 Å². The quantitative estimate of drug-likeness (QED) is 0.608. The van der Waals surface area contributed by atoms with Crippen molar-refractivity contribution in [3.8, 4) is 5.88 Å². The summed E-state index contributed by atoms with van der Waals surface area (Å²) >= 11 is 0. The average Bonchev–Trinajstić information content (AvgIpc) is 2.36. The summed E-state index contributed by atoms with van der Waals surface area (Å²) in [4.78, 5) is 10.8. The van der Waals surface area contributed by atoms with Gasteiger partial charge < -0.3 is 4.74 Å². The molecular weight excluding hydrogens is 148 g/mol. The van der Waals surface area contributed by atoms with E-state index in [9.17, 15) is 9.90 Å². The number of hydrogen-bond donors (Lipinski definition) is 0. The van der Waals surface area contributed by atoms with Crippen LogP contribution in [-0.2, 0) is 9.84 Å². The van der Waals surface area contributed by atoms with Crippen LogP contribution in [0.5, 0.6) is 5.88 Å². The van der Waals surface area contributed by atoms with Gasteiger partial charge in [-0.1, -0.05) is 0 Å². The average molecular weight is 155 g/mol. The maximum atomic E-state index is 10.8. The zero-order valence-electron chi connectivity index (χ0n) is 5.98. The molecule has 0 aliphatic rings. The lowest BCUT2D eigenvalue weighted by molar-refractivity contribution is 0.149. The summed E-state index contributed by atoms with van der Waals surface area (Å²) in [7, 11) is 0. The zero-order chi connectivity index (χ0) is 8.27. The molecule has 0 bridgehead atoms. The van der Waals surface area contributed by atoms with E-state index in [0.717, 1.165) is 4.68 Å². The lowest BCUT2D eigenvalue weighted by Gasteiger charge is -1.97. The van der Waals surface area contributed by atoms with Crippen molar-refractivity contribution in [2.45, 2.75) is 6.92 Å². The van der Waals surface area contributed by atoms with Crippen LogP contribution >= 0.6 is 0 Å². The Labute approximate surface area is 63.2 Å². The predicted molar refractivity (Wildman–Crippen MR) is 34.8 cm³/mol. The molecule has 0 fully saturated rings. The number of ether oxygens (including phenoxy) is 1. The first kappa shape index (κ1) is 7.59. The van der Waals surface area contributed by atoms with Gasteiger partial charge in [-0.3, -0.25) is 5.11 Å². The zero-order valence-corrected chi connectivity index (χ0v) is 5.98. The summed E-state index contributed by atoms with van der Waals surface area (Å²) in [5.74, 6) is -0.446. The second-order valence-electron chi connectivity index (χ2n) is 1.80. The number of nitrogens with zero attached hydrogens (tertiary/aromatic N) is 2. The Morgan fingerprint density at radius 3 is 3.00 bits per heavy atom. The number of aromatic nitrogens is 2. The van der Waals surface area contributed by atoms with Crippen LogP contribution in [0.1, 0.15) is 6.92 Å². The summed E-state index contributed by atoms with van der Waals surface area (Å²) in [5, 5.41) is 13.8. The molecule has 1 aromatic heterocycles. The van der Waals surface area contributed by atoms with Gasteiger partial charge in [-0.2, -0.15) is 4.68 Å². The van der Waals surface area contributed by atoms with E-state index in [4.69, 9.17) is 0 Å². The SMILES string of the molecule is CCOC(=O)n1ccc([O])n1. The molecule has 0 unspecified atom stereocenters. The first-order valence-corrected chi connectivity index (χ1v) is 3.14. The molecule has 1 aromatic rings. The molecule has 1 radical (unpaired) electrons. The molecule has 11 heavy (non-hydrogen) atoms. The van der Waals surface area contributed by atoms with Crippen LogP contribution in [0.2, 0.25) is 0 Å². The number of rotatable bonds is 1. The second kappa shape index (κ2) is 3.05.